The number of fused-ring (bicyclic) bond motifs is 3. The van der Waals surface area contributed by atoms with Crippen LogP contribution in [-0.2, 0) is 13.1 Å². The number of aliphatic imine (C=N–C) groups is 1. The molecule has 0 radical (unpaired) electrons. The molecule has 0 fully saturated rings. The molecule has 1 aliphatic rings. The van der Waals surface area contributed by atoms with E-state index in [0.29, 0.717) is 18.1 Å². The molecule has 0 saturated carbocycles. The minimum Gasteiger partial charge on any atom is -0.295 e. The summed E-state index contributed by atoms with van der Waals surface area (Å²) in [7, 11) is 2.05. The Morgan fingerprint density at radius 1 is 1.20 bits per heavy atom. The molecule has 0 N–H and O–H groups in total. The number of hydrogen-bond donors (Lipinski definition) is 0. The molecule has 1 aliphatic heterocycles. The summed E-state index contributed by atoms with van der Waals surface area (Å²) in [6, 6.07) is 14.2. The summed E-state index contributed by atoms with van der Waals surface area (Å²) in [6.07, 6.45) is 1.89. The summed E-state index contributed by atoms with van der Waals surface area (Å²) < 4.78 is 2.15. The Labute approximate surface area is 186 Å². The molecule has 0 saturated heterocycles. The zero-order chi connectivity index (χ0) is 21.1. The van der Waals surface area contributed by atoms with Crippen LogP contribution in [0, 0.1) is 0 Å². The van der Waals surface area contributed by atoms with Crippen molar-refractivity contribution in [2.24, 2.45) is 4.99 Å². The van der Waals surface area contributed by atoms with E-state index in [2.05, 4.69) is 58.4 Å². The molecule has 2 aromatic carbocycles. The minimum atomic E-state index is 0.448. The third kappa shape index (κ3) is 3.95. The molecular weight excluding hydrogens is 414 g/mol. The molecule has 5 nitrogen and oxygen atoms in total. The highest BCUT2D eigenvalue weighted by Crippen LogP contribution is 2.35. The number of likely N-dealkylation sites (N-methyl/N-ethyl adjacent to an activating group) is 1. The standard InChI is InChI=1S/C23H24ClN5S/c1-4-13-28(3)15-21-27-26-20-14-25-23(16-9-6-7-10-17(16)24)22-18(29(20)21)11-8-12-19(22)30-5-2/h4,6-12H,1,5,13-15H2,2-3H3. The van der Waals surface area contributed by atoms with Gasteiger partial charge in [0.2, 0.25) is 0 Å². The van der Waals surface area contributed by atoms with Crippen molar-refractivity contribution in [1.29, 1.82) is 0 Å². The lowest BCUT2D eigenvalue weighted by atomic mass is 10.00. The fourth-order valence-corrected chi connectivity index (χ4v) is 4.74. The van der Waals surface area contributed by atoms with E-state index in [1.165, 1.54) is 4.90 Å². The Morgan fingerprint density at radius 2 is 2.03 bits per heavy atom. The maximum absolute atomic E-state index is 6.59. The van der Waals surface area contributed by atoms with Gasteiger partial charge in [0, 0.05) is 27.6 Å². The maximum atomic E-state index is 6.59. The predicted molar refractivity (Wildman–Crippen MR) is 125 cm³/mol. The predicted octanol–water partition coefficient (Wildman–Crippen LogP) is 5.00. The van der Waals surface area contributed by atoms with Crippen LogP contribution in [0.25, 0.3) is 5.69 Å². The SMILES string of the molecule is C=CCN(C)Cc1nnc2n1-c1cccc(SCC)c1C(c1ccccc1Cl)=NC2. The van der Waals surface area contributed by atoms with Crippen LogP contribution in [0.3, 0.4) is 0 Å². The average molecular weight is 438 g/mol. The van der Waals surface area contributed by atoms with E-state index in [1.54, 1.807) is 11.8 Å². The molecule has 0 amide bonds. The van der Waals surface area contributed by atoms with Gasteiger partial charge in [0.1, 0.15) is 6.54 Å². The van der Waals surface area contributed by atoms with Crippen LogP contribution in [0.4, 0.5) is 0 Å². The summed E-state index contributed by atoms with van der Waals surface area (Å²) >= 11 is 8.40. The number of rotatable bonds is 7. The van der Waals surface area contributed by atoms with Crippen LogP contribution in [0.15, 0.2) is 65.0 Å². The Morgan fingerprint density at radius 3 is 2.80 bits per heavy atom. The molecular formula is C23H24ClN5S. The average Bonchev–Trinajstić information content (AvgIpc) is 3.04. The molecule has 2 heterocycles. The van der Waals surface area contributed by atoms with Gasteiger partial charge in [-0.1, -0.05) is 48.9 Å². The first-order chi connectivity index (χ1) is 14.6. The van der Waals surface area contributed by atoms with Crippen molar-refractivity contribution in [3.8, 4) is 5.69 Å². The smallest absolute Gasteiger partial charge is 0.159 e. The quantitative estimate of drug-likeness (QED) is 0.385. The lowest BCUT2D eigenvalue weighted by Gasteiger charge is -2.19. The van der Waals surface area contributed by atoms with Gasteiger partial charge in [-0.25, -0.2) is 0 Å². The minimum absolute atomic E-state index is 0.448. The molecule has 0 atom stereocenters. The molecule has 0 unspecified atom stereocenters. The van der Waals surface area contributed by atoms with Gasteiger partial charge in [0.25, 0.3) is 0 Å². The molecule has 154 valence electrons. The van der Waals surface area contributed by atoms with Crippen molar-refractivity contribution in [1.82, 2.24) is 19.7 Å². The van der Waals surface area contributed by atoms with E-state index in [4.69, 9.17) is 16.6 Å². The number of nitrogens with zero attached hydrogens (tertiary/aromatic N) is 5. The largest absolute Gasteiger partial charge is 0.295 e. The van der Waals surface area contributed by atoms with E-state index in [-0.39, 0.29) is 0 Å². The second-order valence-electron chi connectivity index (χ2n) is 7.08. The molecule has 4 rings (SSSR count). The molecule has 0 bridgehead atoms. The first kappa shape index (κ1) is 20.8. The van der Waals surface area contributed by atoms with Crippen LogP contribution in [0.2, 0.25) is 5.02 Å². The fourth-order valence-electron chi connectivity index (χ4n) is 3.68. The molecule has 0 aliphatic carbocycles. The van der Waals surface area contributed by atoms with Gasteiger partial charge in [-0.15, -0.1) is 28.5 Å². The zero-order valence-corrected chi connectivity index (χ0v) is 18.7. The fraction of sp³-hybridized carbons (Fsp3) is 0.261. The van der Waals surface area contributed by atoms with Gasteiger partial charge in [-0.2, -0.15) is 0 Å². The lowest BCUT2D eigenvalue weighted by Crippen LogP contribution is -2.21. The van der Waals surface area contributed by atoms with E-state index in [9.17, 15) is 0 Å². The van der Waals surface area contributed by atoms with Crippen molar-refractivity contribution in [2.45, 2.75) is 24.9 Å². The summed E-state index contributed by atoms with van der Waals surface area (Å²) in [5.41, 5.74) is 3.98. The molecule has 30 heavy (non-hydrogen) atoms. The first-order valence-corrected chi connectivity index (χ1v) is 11.3. The van der Waals surface area contributed by atoms with Gasteiger partial charge >= 0.3 is 0 Å². The van der Waals surface area contributed by atoms with Gasteiger partial charge < -0.3 is 0 Å². The second kappa shape index (κ2) is 9.16. The maximum Gasteiger partial charge on any atom is 0.159 e. The number of hydrogen-bond acceptors (Lipinski definition) is 5. The summed E-state index contributed by atoms with van der Waals surface area (Å²) in [5.74, 6) is 2.69. The normalized spacial score (nSPS) is 12.9. The molecule has 0 spiro atoms. The van der Waals surface area contributed by atoms with Crippen LogP contribution in [0.1, 0.15) is 29.7 Å². The first-order valence-electron chi connectivity index (χ1n) is 9.92. The van der Waals surface area contributed by atoms with E-state index < -0.39 is 0 Å². The summed E-state index contributed by atoms with van der Waals surface area (Å²) in [5, 5.41) is 9.65. The molecule has 1 aromatic heterocycles. The van der Waals surface area contributed by atoms with Gasteiger partial charge in [0.15, 0.2) is 11.6 Å². The van der Waals surface area contributed by atoms with Crippen molar-refractivity contribution < 1.29 is 0 Å². The third-order valence-electron chi connectivity index (χ3n) is 4.94. The highest BCUT2D eigenvalue weighted by molar-refractivity contribution is 7.99. The highest BCUT2D eigenvalue weighted by Gasteiger charge is 2.26. The summed E-state index contributed by atoms with van der Waals surface area (Å²) in [4.78, 5) is 8.32. The van der Waals surface area contributed by atoms with Crippen LogP contribution >= 0.6 is 23.4 Å². The van der Waals surface area contributed by atoms with Crippen molar-refractivity contribution >= 4 is 29.1 Å². The molecule has 7 heteroatoms. The lowest BCUT2D eigenvalue weighted by molar-refractivity contribution is 0.350. The van der Waals surface area contributed by atoms with Crippen LogP contribution in [0.5, 0.6) is 0 Å². The Bertz CT molecular complexity index is 1100. The molecule has 3 aromatic rings. The Balaban J connectivity index is 1.92. The number of benzene rings is 2. The second-order valence-corrected chi connectivity index (χ2v) is 8.79. The van der Waals surface area contributed by atoms with Gasteiger partial charge in [0.05, 0.1) is 17.9 Å². The topological polar surface area (TPSA) is 46.3 Å². The van der Waals surface area contributed by atoms with E-state index in [0.717, 1.165) is 46.5 Å². The highest BCUT2D eigenvalue weighted by atomic mass is 35.5. The third-order valence-corrected chi connectivity index (χ3v) is 6.21. The Hall–Kier alpha value is -2.41. The number of thioether (sulfide) groups is 1. The summed E-state index contributed by atoms with van der Waals surface area (Å²) in [6.45, 7) is 7.89. The Kier molecular flexibility index (Phi) is 6.37. The van der Waals surface area contributed by atoms with Crippen LogP contribution < -0.4 is 0 Å². The van der Waals surface area contributed by atoms with Gasteiger partial charge in [-0.3, -0.25) is 14.5 Å². The van der Waals surface area contributed by atoms with Gasteiger partial charge in [-0.05, 0) is 31.0 Å². The van der Waals surface area contributed by atoms with E-state index >= 15 is 0 Å². The number of halogens is 1. The van der Waals surface area contributed by atoms with Crippen LogP contribution in [-0.4, -0.2) is 44.7 Å². The van der Waals surface area contributed by atoms with Crippen molar-refractivity contribution in [2.75, 3.05) is 19.3 Å². The van der Waals surface area contributed by atoms with Crippen molar-refractivity contribution in [3.05, 3.63) is 82.9 Å². The van der Waals surface area contributed by atoms with E-state index in [1.807, 2.05) is 30.3 Å². The zero-order valence-electron chi connectivity index (χ0n) is 17.2. The van der Waals surface area contributed by atoms with Crippen molar-refractivity contribution in [3.63, 3.8) is 0 Å². The monoisotopic (exact) mass is 437 g/mol. The number of aromatic nitrogens is 3.